The lowest BCUT2D eigenvalue weighted by atomic mass is 10.2. The van der Waals surface area contributed by atoms with Crippen LogP contribution < -0.4 is 0 Å². The van der Waals surface area contributed by atoms with Crippen molar-refractivity contribution < 1.29 is 28.2 Å². The van der Waals surface area contributed by atoms with Crippen LogP contribution in [0, 0.1) is 6.92 Å². The van der Waals surface area contributed by atoms with Crippen LogP contribution in [0.4, 0.5) is 13.2 Å². The second-order valence-electron chi connectivity index (χ2n) is 3.56. The van der Waals surface area contributed by atoms with E-state index in [2.05, 4.69) is 5.10 Å². The predicted octanol–water partition coefficient (Wildman–Crippen LogP) is 1.87. The summed E-state index contributed by atoms with van der Waals surface area (Å²) in [5.41, 5.74) is -1.43. The molecule has 0 aromatic carbocycles. The fraction of sp³-hybridized carbons (Fsp3) is 0.556. The van der Waals surface area contributed by atoms with Gasteiger partial charge in [-0.1, -0.05) is 11.6 Å². The van der Waals surface area contributed by atoms with Gasteiger partial charge in [0, 0.05) is 13.0 Å². The molecular weight excluding hydrogens is 277 g/mol. The van der Waals surface area contributed by atoms with Crippen molar-refractivity contribution in [3.8, 4) is 0 Å². The molecule has 1 heterocycles. The molecule has 102 valence electrons. The molecule has 0 aliphatic rings. The Hall–Kier alpha value is -1.28. The highest BCUT2D eigenvalue weighted by Gasteiger charge is 2.39. The molecule has 1 atom stereocenters. The van der Waals surface area contributed by atoms with Crippen LogP contribution in [-0.4, -0.2) is 32.6 Å². The molecule has 0 radical (unpaired) electrons. The van der Waals surface area contributed by atoms with Crippen LogP contribution >= 0.6 is 11.6 Å². The molecular formula is C9H10ClF3N2O3. The molecule has 0 saturated carbocycles. The molecule has 0 aliphatic carbocycles. The minimum atomic E-state index is -4.75. The minimum Gasteiger partial charge on any atom is -0.480 e. The monoisotopic (exact) mass is 286 g/mol. The standard InChI is InChI=1S/C9H10ClF3N2O3/c1-4-6(10)7(9(11,12)13)14-15(4)5(2-3-16)8(17)18/h5,16H,2-3H2,1H3,(H,17,18). The van der Waals surface area contributed by atoms with Gasteiger partial charge in [0.15, 0.2) is 11.7 Å². The molecule has 0 amide bonds. The average Bonchev–Trinajstić information content (AvgIpc) is 2.52. The number of rotatable bonds is 4. The van der Waals surface area contributed by atoms with E-state index in [9.17, 15) is 18.0 Å². The van der Waals surface area contributed by atoms with E-state index in [1.54, 1.807) is 0 Å². The summed E-state index contributed by atoms with van der Waals surface area (Å²) >= 11 is 5.49. The summed E-state index contributed by atoms with van der Waals surface area (Å²) in [6, 6.07) is -1.39. The van der Waals surface area contributed by atoms with E-state index < -0.39 is 35.5 Å². The molecule has 1 aromatic heterocycles. The second-order valence-corrected chi connectivity index (χ2v) is 3.93. The van der Waals surface area contributed by atoms with Crippen molar-refractivity contribution in [3.05, 3.63) is 16.4 Å². The minimum absolute atomic E-state index is 0.107. The first-order valence-electron chi connectivity index (χ1n) is 4.85. The van der Waals surface area contributed by atoms with Gasteiger partial charge in [0.25, 0.3) is 0 Å². The third-order valence-electron chi connectivity index (χ3n) is 2.33. The Balaban J connectivity index is 3.29. The first-order valence-corrected chi connectivity index (χ1v) is 5.23. The fourth-order valence-electron chi connectivity index (χ4n) is 1.46. The van der Waals surface area contributed by atoms with Crippen LogP contribution in [0.15, 0.2) is 0 Å². The largest absolute Gasteiger partial charge is 0.480 e. The van der Waals surface area contributed by atoms with Crippen molar-refractivity contribution in [2.24, 2.45) is 0 Å². The van der Waals surface area contributed by atoms with Crippen molar-refractivity contribution in [3.63, 3.8) is 0 Å². The highest BCUT2D eigenvalue weighted by atomic mass is 35.5. The van der Waals surface area contributed by atoms with Crippen LogP contribution in [0.5, 0.6) is 0 Å². The smallest absolute Gasteiger partial charge is 0.436 e. The summed E-state index contributed by atoms with van der Waals surface area (Å²) in [4.78, 5) is 10.9. The van der Waals surface area contributed by atoms with E-state index in [0.29, 0.717) is 4.68 Å². The number of nitrogens with zero attached hydrogens (tertiary/aromatic N) is 2. The summed E-state index contributed by atoms with van der Waals surface area (Å²) in [5, 5.41) is 20.2. The highest BCUT2D eigenvalue weighted by Crippen LogP contribution is 2.36. The number of carboxylic acids is 1. The van der Waals surface area contributed by atoms with Gasteiger partial charge < -0.3 is 10.2 Å². The van der Waals surface area contributed by atoms with Crippen molar-refractivity contribution in [1.29, 1.82) is 0 Å². The van der Waals surface area contributed by atoms with Gasteiger partial charge in [-0.05, 0) is 6.92 Å². The molecule has 1 aromatic rings. The Labute approximate surface area is 105 Å². The van der Waals surface area contributed by atoms with Gasteiger partial charge in [-0.15, -0.1) is 0 Å². The van der Waals surface area contributed by atoms with E-state index in [1.165, 1.54) is 6.92 Å². The quantitative estimate of drug-likeness (QED) is 0.886. The maximum absolute atomic E-state index is 12.5. The van der Waals surface area contributed by atoms with Crippen LogP contribution in [-0.2, 0) is 11.0 Å². The van der Waals surface area contributed by atoms with Crippen LogP contribution in [0.1, 0.15) is 23.9 Å². The van der Waals surface area contributed by atoms with Crippen molar-refractivity contribution in [2.45, 2.75) is 25.6 Å². The van der Waals surface area contributed by atoms with Gasteiger partial charge >= 0.3 is 12.1 Å². The van der Waals surface area contributed by atoms with E-state index in [0.717, 1.165) is 0 Å². The Bertz CT molecular complexity index is 459. The van der Waals surface area contributed by atoms with Gasteiger partial charge in [0.05, 0.1) is 10.7 Å². The van der Waals surface area contributed by atoms with Crippen molar-refractivity contribution >= 4 is 17.6 Å². The zero-order chi connectivity index (χ0) is 14.1. The molecule has 9 heteroatoms. The lowest BCUT2D eigenvalue weighted by Gasteiger charge is -2.13. The first kappa shape index (κ1) is 14.8. The topological polar surface area (TPSA) is 75.3 Å². The number of aliphatic hydroxyl groups is 1. The van der Waals surface area contributed by atoms with Crippen molar-refractivity contribution in [1.82, 2.24) is 9.78 Å². The third-order valence-corrected chi connectivity index (χ3v) is 2.78. The normalized spacial score (nSPS) is 13.7. The number of alkyl halides is 3. The van der Waals surface area contributed by atoms with Gasteiger partial charge in [0.1, 0.15) is 0 Å². The summed E-state index contributed by atoms with van der Waals surface area (Å²) in [7, 11) is 0. The molecule has 0 saturated heterocycles. The summed E-state index contributed by atoms with van der Waals surface area (Å²) < 4.78 is 38.3. The van der Waals surface area contributed by atoms with E-state index in [-0.39, 0.29) is 12.1 Å². The van der Waals surface area contributed by atoms with Gasteiger partial charge in [-0.3, -0.25) is 4.68 Å². The summed E-state index contributed by atoms with van der Waals surface area (Å²) in [6.45, 7) is 0.743. The van der Waals surface area contributed by atoms with Crippen LogP contribution in [0.25, 0.3) is 0 Å². The molecule has 0 bridgehead atoms. The lowest BCUT2D eigenvalue weighted by Crippen LogP contribution is -2.23. The van der Waals surface area contributed by atoms with Gasteiger partial charge in [-0.25, -0.2) is 4.79 Å². The molecule has 1 unspecified atom stereocenters. The Kier molecular flexibility index (Phi) is 4.23. The second kappa shape index (κ2) is 5.15. The van der Waals surface area contributed by atoms with Crippen LogP contribution in [0.2, 0.25) is 5.02 Å². The molecule has 0 fully saturated rings. The summed E-state index contributed by atoms with van der Waals surface area (Å²) in [5.74, 6) is -1.39. The fourth-order valence-corrected chi connectivity index (χ4v) is 1.69. The molecule has 1 rings (SSSR count). The van der Waals surface area contributed by atoms with Crippen LogP contribution in [0.3, 0.4) is 0 Å². The lowest BCUT2D eigenvalue weighted by molar-refractivity contribution is -0.145. The highest BCUT2D eigenvalue weighted by molar-refractivity contribution is 6.32. The number of carbonyl (C=O) groups is 1. The van der Waals surface area contributed by atoms with Gasteiger partial charge in [0.2, 0.25) is 0 Å². The Morgan fingerprint density at radius 2 is 2.11 bits per heavy atom. The molecule has 0 spiro atoms. The zero-order valence-corrected chi connectivity index (χ0v) is 9.96. The molecule has 2 N–H and O–H groups in total. The zero-order valence-electron chi connectivity index (χ0n) is 9.20. The molecule has 18 heavy (non-hydrogen) atoms. The Morgan fingerprint density at radius 1 is 1.56 bits per heavy atom. The third kappa shape index (κ3) is 2.75. The maximum atomic E-state index is 12.5. The molecule has 5 nitrogen and oxygen atoms in total. The number of hydrogen-bond acceptors (Lipinski definition) is 3. The SMILES string of the molecule is Cc1c(Cl)c(C(F)(F)F)nn1C(CCO)C(=O)O. The van der Waals surface area contributed by atoms with E-state index in [4.69, 9.17) is 21.8 Å². The van der Waals surface area contributed by atoms with Crippen molar-refractivity contribution in [2.75, 3.05) is 6.61 Å². The Morgan fingerprint density at radius 3 is 2.44 bits per heavy atom. The van der Waals surface area contributed by atoms with E-state index >= 15 is 0 Å². The predicted molar refractivity (Wildman–Crippen MR) is 55.4 cm³/mol. The number of hydrogen-bond donors (Lipinski definition) is 2. The number of aliphatic hydroxyl groups excluding tert-OH is 1. The number of aliphatic carboxylic acids is 1. The number of halogens is 4. The average molecular weight is 287 g/mol. The first-order chi connectivity index (χ1) is 8.20. The molecule has 0 aliphatic heterocycles. The number of carboxylic acid groups (broad SMARTS) is 1. The summed E-state index contributed by atoms with van der Waals surface area (Å²) in [6.07, 6.45) is -5.01. The van der Waals surface area contributed by atoms with Gasteiger partial charge in [-0.2, -0.15) is 18.3 Å². The van der Waals surface area contributed by atoms with E-state index in [1.807, 2.05) is 0 Å². The number of aromatic nitrogens is 2. The maximum Gasteiger partial charge on any atom is 0.436 e.